The Balaban J connectivity index is 1.67. The highest BCUT2D eigenvalue weighted by Gasteiger charge is 2.19. The predicted octanol–water partition coefficient (Wildman–Crippen LogP) is 4.58. The van der Waals surface area contributed by atoms with Gasteiger partial charge in [0.05, 0.1) is 10.6 Å². The molecule has 1 aromatic heterocycles. The maximum atomic E-state index is 12.6. The number of amides is 2. The Morgan fingerprint density at radius 3 is 2.64 bits per heavy atom. The molecule has 2 amide bonds. The highest BCUT2D eigenvalue weighted by Crippen LogP contribution is 2.23. The van der Waals surface area contributed by atoms with Gasteiger partial charge in [0.15, 0.2) is 5.69 Å². The van der Waals surface area contributed by atoms with Crippen LogP contribution in [0.25, 0.3) is 0 Å². The summed E-state index contributed by atoms with van der Waals surface area (Å²) in [6, 6.07) is 6.86. The van der Waals surface area contributed by atoms with Crippen LogP contribution in [0.15, 0.2) is 24.3 Å². The lowest BCUT2D eigenvalue weighted by atomic mass is 9.95. The predicted molar refractivity (Wildman–Crippen MR) is 111 cm³/mol. The number of rotatable bonds is 6. The standard InChI is InChI=1S/C21H27ClN4O2/c1-13(2)10-16-12-19(26-25-16)21(28)24-15-8-9-18(22)17(11-15)20(27)23-14-6-4-3-5-7-14/h8-9,11-14H,3-7,10H2,1-2H3,(H,23,27)(H,24,28)(H,25,26). The van der Waals surface area contributed by atoms with Gasteiger partial charge in [-0.2, -0.15) is 5.10 Å². The summed E-state index contributed by atoms with van der Waals surface area (Å²) < 4.78 is 0. The number of aromatic amines is 1. The summed E-state index contributed by atoms with van der Waals surface area (Å²) in [6.07, 6.45) is 6.32. The SMILES string of the molecule is CC(C)Cc1cc(C(=O)Nc2ccc(Cl)c(C(=O)NC3CCCCC3)c2)n[nH]1. The number of anilines is 1. The van der Waals surface area contributed by atoms with Crippen LogP contribution in [-0.2, 0) is 6.42 Å². The number of benzene rings is 1. The topological polar surface area (TPSA) is 86.9 Å². The molecule has 2 aromatic rings. The fourth-order valence-electron chi connectivity index (χ4n) is 3.50. The number of carbonyl (C=O) groups is 2. The minimum Gasteiger partial charge on any atom is -0.349 e. The first-order chi connectivity index (χ1) is 13.4. The molecule has 3 N–H and O–H groups in total. The summed E-state index contributed by atoms with van der Waals surface area (Å²) in [5.74, 6) is -0.0583. The zero-order valence-corrected chi connectivity index (χ0v) is 17.1. The lowest BCUT2D eigenvalue weighted by Crippen LogP contribution is -2.36. The summed E-state index contributed by atoms with van der Waals surface area (Å²) >= 11 is 6.22. The first-order valence-corrected chi connectivity index (χ1v) is 10.3. The highest BCUT2D eigenvalue weighted by atomic mass is 35.5. The molecule has 1 aliphatic carbocycles. The number of H-pyrrole nitrogens is 1. The van der Waals surface area contributed by atoms with E-state index in [1.165, 1.54) is 6.42 Å². The summed E-state index contributed by atoms with van der Waals surface area (Å²) in [5, 5.41) is 13.2. The Bertz CT molecular complexity index is 841. The minimum absolute atomic E-state index is 0.194. The van der Waals surface area contributed by atoms with Crippen LogP contribution in [-0.4, -0.2) is 28.1 Å². The molecule has 1 fully saturated rings. The molecule has 1 saturated carbocycles. The van der Waals surface area contributed by atoms with Crippen molar-refractivity contribution in [3.8, 4) is 0 Å². The molecule has 0 saturated heterocycles. The molecule has 6 nitrogen and oxygen atoms in total. The summed E-state index contributed by atoms with van der Waals surface area (Å²) in [6.45, 7) is 4.21. The van der Waals surface area contributed by atoms with Crippen LogP contribution in [0.2, 0.25) is 5.02 Å². The maximum Gasteiger partial charge on any atom is 0.276 e. The normalized spacial score (nSPS) is 14.9. The lowest BCUT2D eigenvalue weighted by Gasteiger charge is -2.23. The van der Waals surface area contributed by atoms with E-state index in [1.54, 1.807) is 24.3 Å². The molecule has 0 aliphatic heterocycles. The monoisotopic (exact) mass is 402 g/mol. The van der Waals surface area contributed by atoms with Gasteiger partial charge in [0.1, 0.15) is 0 Å². The number of halogens is 1. The number of hydrogen-bond donors (Lipinski definition) is 3. The van der Waals surface area contributed by atoms with Crippen molar-refractivity contribution in [2.24, 2.45) is 5.92 Å². The molecule has 0 unspecified atom stereocenters. The van der Waals surface area contributed by atoms with Gasteiger partial charge >= 0.3 is 0 Å². The van der Waals surface area contributed by atoms with E-state index >= 15 is 0 Å². The van der Waals surface area contributed by atoms with Gasteiger partial charge in [-0.1, -0.05) is 44.7 Å². The van der Waals surface area contributed by atoms with Crippen molar-refractivity contribution >= 4 is 29.1 Å². The van der Waals surface area contributed by atoms with Gasteiger partial charge in [0, 0.05) is 17.4 Å². The fourth-order valence-corrected chi connectivity index (χ4v) is 3.71. The third-order valence-corrected chi connectivity index (χ3v) is 5.23. The van der Waals surface area contributed by atoms with E-state index < -0.39 is 0 Å². The Morgan fingerprint density at radius 2 is 1.93 bits per heavy atom. The van der Waals surface area contributed by atoms with Gasteiger partial charge < -0.3 is 10.6 Å². The summed E-state index contributed by atoms with van der Waals surface area (Å²) in [5.41, 5.74) is 2.12. The van der Waals surface area contributed by atoms with E-state index in [9.17, 15) is 9.59 Å². The molecular weight excluding hydrogens is 376 g/mol. The van der Waals surface area contributed by atoms with Crippen LogP contribution >= 0.6 is 11.6 Å². The van der Waals surface area contributed by atoms with Gasteiger partial charge in [-0.15, -0.1) is 0 Å². The Labute approximate surface area is 170 Å². The summed E-state index contributed by atoms with van der Waals surface area (Å²) in [7, 11) is 0. The quantitative estimate of drug-likeness (QED) is 0.661. The molecule has 0 spiro atoms. The second kappa shape index (κ2) is 9.24. The van der Waals surface area contributed by atoms with Gasteiger partial charge in [0.25, 0.3) is 11.8 Å². The largest absolute Gasteiger partial charge is 0.349 e. The van der Waals surface area contributed by atoms with Crippen molar-refractivity contribution in [1.29, 1.82) is 0 Å². The molecule has 1 heterocycles. The number of nitrogens with zero attached hydrogens (tertiary/aromatic N) is 1. The van der Waals surface area contributed by atoms with Crippen LogP contribution in [0, 0.1) is 5.92 Å². The average molecular weight is 403 g/mol. The van der Waals surface area contributed by atoms with Crippen molar-refractivity contribution in [2.45, 2.75) is 58.4 Å². The van der Waals surface area contributed by atoms with E-state index in [1.807, 2.05) is 0 Å². The fraction of sp³-hybridized carbons (Fsp3) is 0.476. The van der Waals surface area contributed by atoms with Gasteiger partial charge in [0.2, 0.25) is 0 Å². The Morgan fingerprint density at radius 1 is 1.18 bits per heavy atom. The van der Waals surface area contributed by atoms with Crippen LogP contribution in [0.3, 0.4) is 0 Å². The molecule has 28 heavy (non-hydrogen) atoms. The van der Waals surface area contributed by atoms with Crippen molar-refractivity contribution in [2.75, 3.05) is 5.32 Å². The molecule has 1 aromatic carbocycles. The van der Waals surface area contributed by atoms with E-state index in [4.69, 9.17) is 11.6 Å². The van der Waals surface area contributed by atoms with Gasteiger partial charge in [-0.25, -0.2) is 0 Å². The van der Waals surface area contributed by atoms with Crippen LogP contribution in [0.1, 0.15) is 72.5 Å². The third kappa shape index (κ3) is 5.35. The number of aromatic nitrogens is 2. The number of hydrogen-bond acceptors (Lipinski definition) is 3. The Kier molecular flexibility index (Phi) is 6.73. The Hall–Kier alpha value is -2.34. The number of nitrogens with one attached hydrogen (secondary N) is 3. The highest BCUT2D eigenvalue weighted by molar-refractivity contribution is 6.34. The van der Waals surface area contributed by atoms with Crippen LogP contribution < -0.4 is 10.6 Å². The molecule has 0 radical (unpaired) electrons. The minimum atomic E-state index is -0.327. The van der Waals surface area contributed by atoms with Crippen LogP contribution in [0.5, 0.6) is 0 Å². The molecule has 3 rings (SSSR count). The second-order valence-corrected chi connectivity index (χ2v) is 8.24. The van der Waals surface area contributed by atoms with Crippen molar-refractivity contribution in [3.63, 3.8) is 0 Å². The molecule has 0 bridgehead atoms. The smallest absolute Gasteiger partial charge is 0.276 e. The van der Waals surface area contributed by atoms with E-state index in [2.05, 4.69) is 34.7 Å². The van der Waals surface area contributed by atoms with Crippen molar-refractivity contribution in [3.05, 3.63) is 46.2 Å². The van der Waals surface area contributed by atoms with E-state index in [0.29, 0.717) is 27.9 Å². The van der Waals surface area contributed by atoms with Gasteiger partial charge in [-0.3, -0.25) is 14.7 Å². The van der Waals surface area contributed by atoms with Crippen molar-refractivity contribution in [1.82, 2.24) is 15.5 Å². The summed E-state index contributed by atoms with van der Waals surface area (Å²) in [4.78, 5) is 25.1. The zero-order valence-electron chi connectivity index (χ0n) is 16.3. The average Bonchev–Trinajstić information content (AvgIpc) is 3.12. The lowest BCUT2D eigenvalue weighted by molar-refractivity contribution is 0.0926. The molecule has 150 valence electrons. The van der Waals surface area contributed by atoms with Crippen LogP contribution in [0.4, 0.5) is 5.69 Å². The van der Waals surface area contributed by atoms with Crippen molar-refractivity contribution < 1.29 is 9.59 Å². The molecule has 0 atom stereocenters. The maximum absolute atomic E-state index is 12.6. The number of carbonyl (C=O) groups excluding carboxylic acids is 2. The van der Waals surface area contributed by atoms with E-state index in [-0.39, 0.29) is 17.9 Å². The van der Waals surface area contributed by atoms with Gasteiger partial charge in [-0.05, 0) is 49.4 Å². The second-order valence-electron chi connectivity index (χ2n) is 7.83. The molecular formula is C21H27ClN4O2. The zero-order chi connectivity index (χ0) is 20.1. The first-order valence-electron chi connectivity index (χ1n) is 9.88. The first kappa shape index (κ1) is 20.4. The van der Waals surface area contributed by atoms with E-state index in [0.717, 1.165) is 37.8 Å². The third-order valence-electron chi connectivity index (χ3n) is 4.90. The molecule has 7 heteroatoms. The molecule has 1 aliphatic rings.